The Morgan fingerprint density at radius 1 is 1.17 bits per heavy atom. The first-order valence-corrected chi connectivity index (χ1v) is 8.38. The molecule has 0 radical (unpaired) electrons. The van der Waals surface area contributed by atoms with Crippen LogP contribution in [0.2, 0.25) is 0 Å². The van der Waals surface area contributed by atoms with E-state index in [1.807, 2.05) is 13.8 Å². The second-order valence-corrected chi connectivity index (χ2v) is 6.57. The zero-order valence-electron chi connectivity index (χ0n) is 11.4. The van der Waals surface area contributed by atoms with Crippen LogP contribution in [0.4, 0.5) is 0 Å². The lowest BCUT2D eigenvalue weighted by Gasteiger charge is -2.31. The van der Waals surface area contributed by atoms with Gasteiger partial charge in [0.05, 0.1) is 25.1 Å². The van der Waals surface area contributed by atoms with Crippen LogP contribution in [0.25, 0.3) is 0 Å². The van der Waals surface area contributed by atoms with Crippen molar-refractivity contribution in [2.75, 3.05) is 38.7 Å². The average molecular weight is 279 g/mol. The first kappa shape index (κ1) is 15.9. The Kier molecular flexibility index (Phi) is 7.14. The monoisotopic (exact) mass is 279 g/mol. The lowest BCUT2D eigenvalue weighted by atomic mass is 10.1. The topological polar surface area (TPSA) is 55.8 Å². The third kappa shape index (κ3) is 5.22. The van der Waals surface area contributed by atoms with Crippen molar-refractivity contribution >= 4 is 10.0 Å². The minimum Gasteiger partial charge on any atom is -0.379 e. The predicted octanol–water partition coefficient (Wildman–Crippen LogP) is 1.24. The normalized spacial score (nSPS) is 19.2. The molecule has 0 aromatic carbocycles. The summed E-state index contributed by atoms with van der Waals surface area (Å²) in [5, 5.41) is 0. The van der Waals surface area contributed by atoms with E-state index in [1.165, 1.54) is 0 Å². The minimum atomic E-state index is -3.03. The van der Waals surface area contributed by atoms with Gasteiger partial charge in [-0.3, -0.25) is 0 Å². The standard InChI is InChI=1S/C12H25NO4S/c1-3-11-18(14,15)13-7-5-12(6-8-13)17-10-9-16-4-2/h12H,3-11H2,1-2H3. The smallest absolute Gasteiger partial charge is 0.214 e. The van der Waals surface area contributed by atoms with Crippen molar-refractivity contribution in [2.45, 2.75) is 39.2 Å². The van der Waals surface area contributed by atoms with Gasteiger partial charge in [-0.2, -0.15) is 0 Å². The van der Waals surface area contributed by atoms with Crippen molar-refractivity contribution in [2.24, 2.45) is 0 Å². The fraction of sp³-hybridized carbons (Fsp3) is 1.00. The molecule has 1 aliphatic heterocycles. The molecule has 0 spiro atoms. The van der Waals surface area contributed by atoms with Crippen molar-refractivity contribution in [3.8, 4) is 0 Å². The fourth-order valence-corrected chi connectivity index (χ4v) is 3.62. The first-order chi connectivity index (χ1) is 8.60. The first-order valence-electron chi connectivity index (χ1n) is 6.77. The van der Waals surface area contributed by atoms with Crippen molar-refractivity contribution in [3.63, 3.8) is 0 Å². The van der Waals surface area contributed by atoms with Gasteiger partial charge in [0.15, 0.2) is 0 Å². The van der Waals surface area contributed by atoms with Gasteiger partial charge in [0.2, 0.25) is 10.0 Å². The highest BCUT2D eigenvalue weighted by molar-refractivity contribution is 7.89. The third-order valence-corrected chi connectivity index (χ3v) is 5.12. The van der Waals surface area contributed by atoms with E-state index in [2.05, 4.69) is 0 Å². The van der Waals surface area contributed by atoms with Gasteiger partial charge in [-0.25, -0.2) is 12.7 Å². The van der Waals surface area contributed by atoms with Crippen LogP contribution in [0.15, 0.2) is 0 Å². The van der Waals surface area contributed by atoms with Crippen LogP contribution in [0, 0.1) is 0 Å². The summed E-state index contributed by atoms with van der Waals surface area (Å²) in [4.78, 5) is 0. The zero-order chi connectivity index (χ0) is 13.4. The van der Waals surface area contributed by atoms with Gasteiger partial charge in [0.25, 0.3) is 0 Å². The van der Waals surface area contributed by atoms with Crippen LogP contribution in [-0.4, -0.2) is 57.5 Å². The Morgan fingerprint density at radius 2 is 1.83 bits per heavy atom. The Balaban J connectivity index is 2.24. The molecule has 18 heavy (non-hydrogen) atoms. The Hall–Kier alpha value is -0.170. The van der Waals surface area contributed by atoms with E-state index >= 15 is 0 Å². The molecule has 0 amide bonds. The van der Waals surface area contributed by atoms with Crippen LogP contribution in [0.5, 0.6) is 0 Å². The number of sulfonamides is 1. The summed E-state index contributed by atoms with van der Waals surface area (Å²) in [7, 11) is -3.03. The van der Waals surface area contributed by atoms with Crippen LogP contribution < -0.4 is 0 Å². The number of hydrogen-bond donors (Lipinski definition) is 0. The van der Waals surface area contributed by atoms with Gasteiger partial charge < -0.3 is 9.47 Å². The van der Waals surface area contributed by atoms with Crippen LogP contribution >= 0.6 is 0 Å². The number of hydrogen-bond acceptors (Lipinski definition) is 4. The SMILES string of the molecule is CCCS(=O)(=O)N1CCC(OCCOCC)CC1. The van der Waals surface area contributed by atoms with Gasteiger partial charge >= 0.3 is 0 Å². The molecule has 0 aromatic heterocycles. The maximum atomic E-state index is 11.9. The molecule has 0 bridgehead atoms. The molecule has 0 aromatic rings. The molecule has 1 aliphatic rings. The zero-order valence-corrected chi connectivity index (χ0v) is 12.2. The summed E-state index contributed by atoms with van der Waals surface area (Å²) in [6.07, 6.45) is 2.43. The molecule has 1 saturated heterocycles. The minimum absolute atomic E-state index is 0.179. The summed E-state index contributed by atoms with van der Waals surface area (Å²) in [6, 6.07) is 0. The van der Waals surface area contributed by atoms with Gasteiger partial charge in [0, 0.05) is 19.7 Å². The van der Waals surface area contributed by atoms with Crippen LogP contribution in [0.1, 0.15) is 33.1 Å². The lowest BCUT2D eigenvalue weighted by Crippen LogP contribution is -2.42. The summed E-state index contributed by atoms with van der Waals surface area (Å²) in [5.41, 5.74) is 0. The molecule has 0 unspecified atom stereocenters. The molecular formula is C12H25NO4S. The summed E-state index contributed by atoms with van der Waals surface area (Å²) in [5.74, 6) is 0.253. The number of piperidine rings is 1. The molecule has 1 fully saturated rings. The molecule has 108 valence electrons. The van der Waals surface area contributed by atoms with E-state index in [0.29, 0.717) is 39.3 Å². The van der Waals surface area contributed by atoms with E-state index in [0.717, 1.165) is 12.8 Å². The summed E-state index contributed by atoms with van der Waals surface area (Å²) >= 11 is 0. The summed E-state index contributed by atoms with van der Waals surface area (Å²) in [6.45, 7) is 6.93. The van der Waals surface area contributed by atoms with Crippen molar-refractivity contribution < 1.29 is 17.9 Å². The van der Waals surface area contributed by atoms with Gasteiger partial charge in [0.1, 0.15) is 0 Å². The van der Waals surface area contributed by atoms with E-state index in [4.69, 9.17) is 9.47 Å². The predicted molar refractivity (Wildman–Crippen MR) is 71.1 cm³/mol. The molecule has 0 saturated carbocycles. The third-order valence-electron chi connectivity index (χ3n) is 3.04. The number of nitrogens with zero attached hydrogens (tertiary/aromatic N) is 1. The van der Waals surface area contributed by atoms with Crippen LogP contribution in [0.3, 0.4) is 0 Å². The van der Waals surface area contributed by atoms with Crippen molar-refractivity contribution in [1.29, 1.82) is 0 Å². The second kappa shape index (κ2) is 8.09. The maximum Gasteiger partial charge on any atom is 0.214 e. The van der Waals surface area contributed by atoms with Crippen molar-refractivity contribution in [1.82, 2.24) is 4.31 Å². The van der Waals surface area contributed by atoms with E-state index < -0.39 is 10.0 Å². The highest BCUT2D eigenvalue weighted by Crippen LogP contribution is 2.17. The number of ether oxygens (including phenoxy) is 2. The highest BCUT2D eigenvalue weighted by Gasteiger charge is 2.27. The quantitative estimate of drug-likeness (QED) is 0.627. The Bertz CT molecular complexity index is 310. The van der Waals surface area contributed by atoms with Gasteiger partial charge in [-0.05, 0) is 26.2 Å². The summed E-state index contributed by atoms with van der Waals surface area (Å²) < 4.78 is 36.2. The highest BCUT2D eigenvalue weighted by atomic mass is 32.2. The molecule has 1 rings (SSSR count). The molecule has 0 atom stereocenters. The molecule has 6 heteroatoms. The fourth-order valence-electron chi connectivity index (χ4n) is 2.08. The number of rotatable bonds is 8. The lowest BCUT2D eigenvalue weighted by molar-refractivity contribution is -0.0121. The largest absolute Gasteiger partial charge is 0.379 e. The molecular weight excluding hydrogens is 254 g/mol. The maximum absolute atomic E-state index is 11.9. The Morgan fingerprint density at radius 3 is 2.39 bits per heavy atom. The van der Waals surface area contributed by atoms with Crippen LogP contribution in [-0.2, 0) is 19.5 Å². The van der Waals surface area contributed by atoms with E-state index in [9.17, 15) is 8.42 Å². The Labute approximate surface area is 110 Å². The molecule has 0 N–H and O–H groups in total. The molecule has 0 aliphatic carbocycles. The molecule has 1 heterocycles. The van der Waals surface area contributed by atoms with E-state index in [1.54, 1.807) is 4.31 Å². The second-order valence-electron chi connectivity index (χ2n) is 4.48. The van der Waals surface area contributed by atoms with Gasteiger partial charge in [-0.1, -0.05) is 6.92 Å². The molecule has 5 nitrogen and oxygen atoms in total. The van der Waals surface area contributed by atoms with Gasteiger partial charge in [-0.15, -0.1) is 0 Å². The van der Waals surface area contributed by atoms with E-state index in [-0.39, 0.29) is 11.9 Å². The average Bonchev–Trinajstić information content (AvgIpc) is 2.35. The van der Waals surface area contributed by atoms with Crippen molar-refractivity contribution in [3.05, 3.63) is 0 Å².